The van der Waals surface area contributed by atoms with E-state index in [0.29, 0.717) is 41.9 Å². The van der Waals surface area contributed by atoms with E-state index in [2.05, 4.69) is 46.0 Å². The lowest BCUT2D eigenvalue weighted by Crippen LogP contribution is -2.70. The molecule has 1 N–H and O–H groups in total. The van der Waals surface area contributed by atoms with Crippen LogP contribution in [0.3, 0.4) is 0 Å². The topological polar surface area (TPSA) is 199 Å². The number of allylic oxidation sites excluding steroid dienone is 1. The molecule has 372 valence electrons. The fraction of sp³-hybridized carbons (Fsp3) is 0.820. The molecule has 0 aromatic heterocycles. The van der Waals surface area contributed by atoms with E-state index in [-0.39, 0.29) is 5.41 Å². The van der Waals surface area contributed by atoms with Crippen LogP contribution in [-0.2, 0) is 66.7 Å². The average molecular weight is 931 g/mol. The Hall–Kier alpha value is -4.05. The highest BCUT2D eigenvalue weighted by atomic mass is 16.7. The first kappa shape index (κ1) is 52.9. The van der Waals surface area contributed by atoms with Crippen molar-refractivity contribution in [1.82, 2.24) is 10.2 Å². The third-order valence-corrected chi connectivity index (χ3v) is 15.8. The lowest BCUT2D eigenvalue weighted by molar-refractivity contribution is -0.327. The largest absolute Gasteiger partial charge is 0.462 e. The molecule has 4 aliphatic carbocycles. The molecule has 4 fully saturated rings. The van der Waals surface area contributed by atoms with Gasteiger partial charge in [0, 0.05) is 48.7 Å². The summed E-state index contributed by atoms with van der Waals surface area (Å²) in [7, 11) is 3.00. The zero-order valence-corrected chi connectivity index (χ0v) is 41.6. The molecule has 14 atom stereocenters. The number of hydrogen-bond acceptors (Lipinski definition) is 14. The fourth-order valence-electron chi connectivity index (χ4n) is 12.8. The van der Waals surface area contributed by atoms with Crippen LogP contribution in [0, 0.1) is 46.3 Å². The van der Waals surface area contributed by atoms with Gasteiger partial charge in [-0.15, -0.1) is 0 Å². The van der Waals surface area contributed by atoms with E-state index in [0.717, 1.165) is 58.8 Å². The summed E-state index contributed by atoms with van der Waals surface area (Å²) in [5.41, 5.74) is 1.47. The number of nitrogens with one attached hydrogen (secondary N) is 1. The second-order valence-corrected chi connectivity index (χ2v) is 21.1. The molecule has 0 aromatic rings. The predicted molar refractivity (Wildman–Crippen MR) is 241 cm³/mol. The van der Waals surface area contributed by atoms with E-state index in [1.165, 1.54) is 70.0 Å². The SMILES string of the molecule is CC(=O)N[C@H]1[C@H]([C@H](OC(C)=O)[C@@H](COC(C)=O)OC(C)=O)O[C@@](O[C@H]2CC[C@@]3(C)C(=CC[C@H]4[C@@H]5CC[C@H]([C@H](C)CCCC(C)C)[C@@]5(C)CC[C@@H]43)C2)(C(=O)OCC(=O)N(C)C)C[C@@H]1OC(C)=O. The van der Waals surface area contributed by atoms with Crippen LogP contribution in [0.15, 0.2) is 11.6 Å². The number of esters is 5. The van der Waals surface area contributed by atoms with Crippen molar-refractivity contribution in [1.29, 1.82) is 0 Å². The highest BCUT2D eigenvalue weighted by molar-refractivity contribution is 5.83. The Balaban J connectivity index is 1.51. The number of hydrogen-bond donors (Lipinski definition) is 1. The second-order valence-electron chi connectivity index (χ2n) is 21.1. The van der Waals surface area contributed by atoms with Gasteiger partial charge in [0.15, 0.2) is 18.8 Å². The Morgan fingerprint density at radius 1 is 0.833 bits per heavy atom. The van der Waals surface area contributed by atoms with Crippen LogP contribution < -0.4 is 5.32 Å². The molecule has 5 aliphatic rings. The maximum absolute atomic E-state index is 14.7. The minimum atomic E-state index is -2.43. The molecule has 66 heavy (non-hydrogen) atoms. The second kappa shape index (κ2) is 21.9. The van der Waals surface area contributed by atoms with Gasteiger partial charge in [-0.2, -0.15) is 0 Å². The van der Waals surface area contributed by atoms with Gasteiger partial charge in [-0.05, 0) is 97.7 Å². The first-order valence-corrected chi connectivity index (χ1v) is 24.2. The number of amides is 2. The molecule has 0 radical (unpaired) electrons. The van der Waals surface area contributed by atoms with Crippen LogP contribution in [0.4, 0.5) is 0 Å². The third kappa shape index (κ3) is 12.1. The molecular formula is C50H78N2O14. The van der Waals surface area contributed by atoms with Crippen molar-refractivity contribution in [2.75, 3.05) is 27.3 Å². The number of rotatable bonds is 18. The monoisotopic (exact) mass is 931 g/mol. The summed E-state index contributed by atoms with van der Waals surface area (Å²) in [6.07, 6.45) is 6.43. The summed E-state index contributed by atoms with van der Waals surface area (Å²) < 4.78 is 41.6. The van der Waals surface area contributed by atoms with Crippen molar-refractivity contribution in [3.05, 3.63) is 11.6 Å². The van der Waals surface area contributed by atoms with Gasteiger partial charge in [-0.25, -0.2) is 4.79 Å². The molecule has 0 unspecified atom stereocenters. The first-order valence-electron chi connectivity index (χ1n) is 24.2. The van der Waals surface area contributed by atoms with Crippen LogP contribution in [0.1, 0.15) is 146 Å². The van der Waals surface area contributed by atoms with Crippen molar-refractivity contribution >= 4 is 41.7 Å². The van der Waals surface area contributed by atoms with Gasteiger partial charge in [0.05, 0.1) is 18.6 Å². The van der Waals surface area contributed by atoms with Gasteiger partial charge >= 0.3 is 29.8 Å². The molecule has 1 heterocycles. The van der Waals surface area contributed by atoms with Crippen LogP contribution in [0.2, 0.25) is 0 Å². The summed E-state index contributed by atoms with van der Waals surface area (Å²) in [4.78, 5) is 91.9. The van der Waals surface area contributed by atoms with Crippen LogP contribution in [0.5, 0.6) is 0 Å². The van der Waals surface area contributed by atoms with Gasteiger partial charge in [-0.3, -0.25) is 28.8 Å². The van der Waals surface area contributed by atoms with Crippen molar-refractivity contribution in [3.8, 4) is 0 Å². The lowest BCUT2D eigenvalue weighted by Gasteiger charge is -2.59. The average Bonchev–Trinajstić information content (AvgIpc) is 3.58. The highest BCUT2D eigenvalue weighted by Gasteiger charge is 2.62. The van der Waals surface area contributed by atoms with E-state index in [1.54, 1.807) is 0 Å². The van der Waals surface area contributed by atoms with Crippen molar-refractivity contribution in [2.45, 2.75) is 189 Å². The van der Waals surface area contributed by atoms with Gasteiger partial charge < -0.3 is 43.4 Å². The molecule has 1 aliphatic heterocycles. The van der Waals surface area contributed by atoms with E-state index in [1.807, 2.05) is 0 Å². The van der Waals surface area contributed by atoms with Crippen LogP contribution in [0.25, 0.3) is 0 Å². The van der Waals surface area contributed by atoms with Crippen molar-refractivity contribution in [2.24, 2.45) is 46.3 Å². The fourth-order valence-corrected chi connectivity index (χ4v) is 12.8. The number of fused-ring (bicyclic) bond motifs is 5. The normalized spacial score (nSPS) is 33.9. The Bertz CT molecular complexity index is 1830. The molecule has 0 spiro atoms. The molecule has 3 saturated carbocycles. The highest BCUT2D eigenvalue weighted by Crippen LogP contribution is 2.67. The Labute approximate surface area is 391 Å². The molecule has 1 saturated heterocycles. The van der Waals surface area contributed by atoms with E-state index in [9.17, 15) is 33.6 Å². The molecule has 16 nitrogen and oxygen atoms in total. The number of ether oxygens (including phenoxy) is 7. The molecule has 2 amide bonds. The summed E-state index contributed by atoms with van der Waals surface area (Å²) in [6, 6.07) is -1.35. The summed E-state index contributed by atoms with van der Waals surface area (Å²) in [5.74, 6) is -4.08. The van der Waals surface area contributed by atoms with Crippen molar-refractivity contribution < 1.29 is 66.7 Å². The Kier molecular flexibility index (Phi) is 17.6. The van der Waals surface area contributed by atoms with E-state index >= 15 is 0 Å². The quantitative estimate of drug-likeness (QED) is 0.0901. The summed E-state index contributed by atoms with van der Waals surface area (Å²) in [6.45, 7) is 16.4. The predicted octanol–water partition coefficient (Wildman–Crippen LogP) is 6.39. The number of carbonyl (C=O) groups excluding carboxylic acids is 7. The van der Waals surface area contributed by atoms with Crippen LogP contribution in [-0.4, -0.2) is 116 Å². The maximum atomic E-state index is 14.7. The van der Waals surface area contributed by atoms with Crippen molar-refractivity contribution in [3.63, 3.8) is 0 Å². The van der Waals surface area contributed by atoms with E-state index < -0.39 is 104 Å². The van der Waals surface area contributed by atoms with E-state index in [4.69, 9.17) is 33.2 Å². The molecular weight excluding hydrogens is 853 g/mol. The van der Waals surface area contributed by atoms with Gasteiger partial charge in [0.1, 0.15) is 18.8 Å². The lowest BCUT2D eigenvalue weighted by atomic mass is 9.47. The number of carbonyl (C=O) groups is 7. The third-order valence-electron chi connectivity index (χ3n) is 15.8. The molecule has 0 aromatic carbocycles. The number of likely N-dealkylation sites (N-methyl/N-ethyl adjacent to an activating group) is 1. The molecule has 16 heteroatoms. The van der Waals surface area contributed by atoms with Gasteiger partial charge in [0.25, 0.3) is 11.7 Å². The zero-order chi connectivity index (χ0) is 48.9. The van der Waals surface area contributed by atoms with Gasteiger partial charge in [0.2, 0.25) is 5.91 Å². The minimum Gasteiger partial charge on any atom is -0.462 e. The Morgan fingerprint density at radius 2 is 1.53 bits per heavy atom. The summed E-state index contributed by atoms with van der Waals surface area (Å²) >= 11 is 0. The number of nitrogens with zero attached hydrogens (tertiary/aromatic N) is 1. The standard InChI is InChI=1S/C50H78N2O14/c1-28(2)14-13-15-29(3)38-18-19-39-37-17-16-35-24-36(20-22-48(35,9)40(37)21-23-49(38,39)10)65-50(47(59)61-27-43(58)52(11)12)25-41(62-32(6)55)44(51-30(4)53)46(66-50)45(64-34(8)57)42(63-33(7)56)26-60-31(5)54/h16,28-29,36-42,44-46H,13-15,17-27H2,1-12H3,(H,51,53)/t29-,36+,37+,38-,39+,40+,41+,42-,44-,45-,46-,48+,49-,50-/m1/s1. The van der Waals surface area contributed by atoms with Gasteiger partial charge in [-0.1, -0.05) is 65.5 Å². The first-order chi connectivity index (χ1) is 30.9. The minimum absolute atomic E-state index is 0.0992. The summed E-state index contributed by atoms with van der Waals surface area (Å²) in [5, 5.41) is 2.71. The molecule has 0 bridgehead atoms. The maximum Gasteiger partial charge on any atom is 0.367 e. The molecule has 5 rings (SSSR count). The van der Waals surface area contributed by atoms with Crippen LogP contribution >= 0.6 is 0 Å². The zero-order valence-electron chi connectivity index (χ0n) is 41.6. The smallest absolute Gasteiger partial charge is 0.367 e. The Morgan fingerprint density at radius 3 is 2.14 bits per heavy atom.